The van der Waals surface area contributed by atoms with Crippen molar-refractivity contribution < 1.29 is 23.9 Å². The predicted octanol–water partition coefficient (Wildman–Crippen LogP) is 1.87. The van der Waals surface area contributed by atoms with E-state index in [1.165, 1.54) is 18.9 Å². The average molecular weight is 340 g/mol. The smallest absolute Gasteiger partial charge is 0.313 e. The van der Waals surface area contributed by atoms with Gasteiger partial charge < -0.3 is 9.47 Å². The summed E-state index contributed by atoms with van der Waals surface area (Å²) in [5, 5.41) is 0. The van der Waals surface area contributed by atoms with E-state index in [9.17, 15) is 14.4 Å². The zero-order valence-corrected chi connectivity index (χ0v) is 15.1. The van der Waals surface area contributed by atoms with Crippen LogP contribution in [-0.4, -0.2) is 48.4 Å². The van der Waals surface area contributed by atoms with Crippen LogP contribution in [0.25, 0.3) is 0 Å². The lowest BCUT2D eigenvalue weighted by molar-refractivity contribution is -0.187. The molecule has 6 heteroatoms. The molecule has 0 unspecified atom stereocenters. The van der Waals surface area contributed by atoms with Crippen molar-refractivity contribution in [3.05, 3.63) is 0 Å². The SMILES string of the molecule is CO[C@@]1(CSC)C(=O)C(=O)[C@H]2C(C)(C)CC[C@@H]3OC(=O)[C@H]1[C@@]32C. The zero-order chi connectivity index (χ0) is 17.2. The molecule has 3 fully saturated rings. The van der Waals surface area contributed by atoms with Gasteiger partial charge in [-0.1, -0.05) is 20.8 Å². The lowest BCUT2D eigenvalue weighted by Gasteiger charge is -2.57. The molecule has 0 aromatic rings. The normalized spacial score (nSPS) is 44.9. The first kappa shape index (κ1) is 17.0. The van der Waals surface area contributed by atoms with Crippen molar-refractivity contribution in [2.75, 3.05) is 19.1 Å². The summed E-state index contributed by atoms with van der Waals surface area (Å²) in [6.45, 7) is 5.97. The molecule has 2 aliphatic carbocycles. The van der Waals surface area contributed by atoms with Crippen molar-refractivity contribution >= 4 is 29.3 Å². The number of thioether (sulfide) groups is 1. The van der Waals surface area contributed by atoms with Crippen molar-refractivity contribution in [3.8, 4) is 0 Å². The number of ether oxygens (including phenoxy) is 2. The molecule has 0 amide bonds. The molecule has 3 aliphatic rings. The van der Waals surface area contributed by atoms with E-state index < -0.39 is 40.4 Å². The molecule has 0 spiro atoms. The average Bonchev–Trinajstić information content (AvgIpc) is 2.73. The third-order valence-corrected chi connectivity index (χ3v) is 7.04. The van der Waals surface area contributed by atoms with Crippen LogP contribution < -0.4 is 0 Å². The summed E-state index contributed by atoms with van der Waals surface area (Å²) in [5.74, 6) is -2.28. The predicted molar refractivity (Wildman–Crippen MR) is 86.1 cm³/mol. The fourth-order valence-corrected chi connectivity index (χ4v) is 6.26. The highest BCUT2D eigenvalue weighted by Crippen LogP contribution is 2.64. The van der Waals surface area contributed by atoms with E-state index in [-0.39, 0.29) is 17.3 Å². The number of hydrogen-bond acceptors (Lipinski definition) is 6. The fourth-order valence-electron chi connectivity index (χ4n) is 5.42. The van der Waals surface area contributed by atoms with E-state index in [1.54, 1.807) is 0 Å². The molecule has 2 saturated carbocycles. The van der Waals surface area contributed by atoms with Gasteiger partial charge in [0.05, 0.1) is 0 Å². The minimum atomic E-state index is -1.40. The van der Waals surface area contributed by atoms with Gasteiger partial charge in [0.2, 0.25) is 11.6 Å². The summed E-state index contributed by atoms with van der Waals surface area (Å²) in [6.07, 6.45) is 3.02. The molecule has 1 saturated heterocycles. The van der Waals surface area contributed by atoms with E-state index in [1.807, 2.05) is 27.0 Å². The summed E-state index contributed by atoms with van der Waals surface area (Å²) in [6, 6.07) is 0. The van der Waals surface area contributed by atoms with E-state index in [0.717, 1.165) is 12.8 Å². The third-order valence-electron chi connectivity index (χ3n) is 6.32. The molecular formula is C17H24O5S. The van der Waals surface area contributed by atoms with Crippen LogP contribution in [0.15, 0.2) is 0 Å². The number of carbonyl (C=O) groups excluding carboxylic acids is 3. The van der Waals surface area contributed by atoms with E-state index in [2.05, 4.69) is 0 Å². The molecule has 23 heavy (non-hydrogen) atoms. The van der Waals surface area contributed by atoms with Crippen LogP contribution >= 0.6 is 11.8 Å². The Kier molecular flexibility index (Phi) is 3.73. The summed E-state index contributed by atoms with van der Waals surface area (Å²) >= 11 is 1.41. The highest BCUT2D eigenvalue weighted by Gasteiger charge is 2.76. The largest absolute Gasteiger partial charge is 0.461 e. The van der Waals surface area contributed by atoms with Gasteiger partial charge in [0.25, 0.3) is 0 Å². The standard InChI is InChI=1S/C17H24O5S/c1-15(2)7-6-9-16(3)11(15)10(18)13(19)17(21-4,8-23-5)12(16)14(20)22-9/h9,11-12H,6-8H2,1-5H3/t9-,11-,12-,16-,17+/m0/s1. The summed E-state index contributed by atoms with van der Waals surface area (Å²) in [5.41, 5.74) is -2.42. The molecule has 0 bridgehead atoms. The topological polar surface area (TPSA) is 69.7 Å². The van der Waals surface area contributed by atoms with Gasteiger partial charge in [-0.05, 0) is 24.5 Å². The van der Waals surface area contributed by atoms with Gasteiger partial charge in [0.15, 0.2) is 5.60 Å². The van der Waals surface area contributed by atoms with Crippen LogP contribution in [0, 0.1) is 22.7 Å². The van der Waals surface area contributed by atoms with Crippen LogP contribution in [0.5, 0.6) is 0 Å². The summed E-state index contributed by atoms with van der Waals surface area (Å²) in [4.78, 5) is 38.7. The van der Waals surface area contributed by atoms with Gasteiger partial charge >= 0.3 is 5.97 Å². The van der Waals surface area contributed by atoms with Crippen LogP contribution in [0.3, 0.4) is 0 Å². The Morgan fingerprint density at radius 2 is 1.87 bits per heavy atom. The molecule has 3 rings (SSSR count). The van der Waals surface area contributed by atoms with Gasteiger partial charge in [-0.3, -0.25) is 14.4 Å². The Hall–Kier alpha value is -0.880. The second-order valence-electron chi connectivity index (χ2n) is 7.90. The molecule has 5 nitrogen and oxygen atoms in total. The van der Waals surface area contributed by atoms with Crippen LogP contribution in [0.4, 0.5) is 0 Å². The quantitative estimate of drug-likeness (QED) is 0.577. The van der Waals surface area contributed by atoms with Crippen LogP contribution in [-0.2, 0) is 23.9 Å². The highest BCUT2D eigenvalue weighted by atomic mass is 32.2. The van der Waals surface area contributed by atoms with Gasteiger partial charge in [-0.25, -0.2) is 0 Å². The number of ketones is 2. The van der Waals surface area contributed by atoms with E-state index in [4.69, 9.17) is 9.47 Å². The molecule has 0 N–H and O–H groups in total. The Morgan fingerprint density at radius 3 is 2.43 bits per heavy atom. The highest BCUT2D eigenvalue weighted by molar-refractivity contribution is 7.98. The first-order chi connectivity index (χ1) is 10.7. The number of carbonyl (C=O) groups is 3. The number of Topliss-reactive ketones (excluding diaryl/α,β-unsaturated/α-hetero) is 2. The molecule has 0 radical (unpaired) electrons. The summed E-state index contributed by atoms with van der Waals surface area (Å²) < 4.78 is 11.2. The number of methoxy groups -OCH3 is 1. The Labute approximate surface area is 140 Å². The number of rotatable bonds is 3. The Balaban J connectivity index is 2.24. The number of esters is 1. The molecule has 0 aromatic carbocycles. The first-order valence-electron chi connectivity index (χ1n) is 8.00. The Bertz CT molecular complexity index is 586. The van der Waals surface area contributed by atoms with Crippen molar-refractivity contribution in [2.24, 2.45) is 22.7 Å². The maximum Gasteiger partial charge on any atom is 0.313 e. The lowest BCUT2D eigenvalue weighted by Crippen LogP contribution is -2.70. The molecule has 5 atom stereocenters. The van der Waals surface area contributed by atoms with Crippen molar-refractivity contribution in [1.29, 1.82) is 0 Å². The van der Waals surface area contributed by atoms with Crippen molar-refractivity contribution in [2.45, 2.75) is 45.3 Å². The molecule has 0 aromatic heterocycles. The zero-order valence-electron chi connectivity index (χ0n) is 14.3. The van der Waals surface area contributed by atoms with Gasteiger partial charge in [0, 0.05) is 24.2 Å². The van der Waals surface area contributed by atoms with Crippen LogP contribution in [0.1, 0.15) is 33.6 Å². The van der Waals surface area contributed by atoms with Crippen molar-refractivity contribution in [1.82, 2.24) is 0 Å². The van der Waals surface area contributed by atoms with Gasteiger partial charge in [0.1, 0.15) is 12.0 Å². The van der Waals surface area contributed by atoms with Gasteiger partial charge in [-0.2, -0.15) is 11.8 Å². The van der Waals surface area contributed by atoms with E-state index >= 15 is 0 Å². The minimum Gasteiger partial charge on any atom is -0.461 e. The lowest BCUT2D eigenvalue weighted by atomic mass is 9.45. The second-order valence-corrected chi connectivity index (χ2v) is 8.77. The Morgan fingerprint density at radius 1 is 1.22 bits per heavy atom. The summed E-state index contributed by atoms with van der Waals surface area (Å²) in [7, 11) is 1.42. The molecule has 128 valence electrons. The second kappa shape index (κ2) is 5.06. The maximum atomic E-state index is 13.0. The fraction of sp³-hybridized carbons (Fsp3) is 0.824. The molecular weight excluding hydrogens is 316 g/mol. The monoisotopic (exact) mass is 340 g/mol. The first-order valence-corrected chi connectivity index (χ1v) is 9.39. The molecule has 1 aliphatic heterocycles. The molecule has 1 heterocycles. The minimum absolute atomic E-state index is 0.281. The van der Waals surface area contributed by atoms with Crippen LogP contribution in [0.2, 0.25) is 0 Å². The number of hydrogen-bond donors (Lipinski definition) is 0. The maximum absolute atomic E-state index is 13.0. The van der Waals surface area contributed by atoms with Gasteiger partial charge in [-0.15, -0.1) is 0 Å². The third kappa shape index (κ3) is 1.88. The van der Waals surface area contributed by atoms with Crippen molar-refractivity contribution in [3.63, 3.8) is 0 Å². The van der Waals surface area contributed by atoms with E-state index in [0.29, 0.717) is 0 Å².